The highest BCUT2D eigenvalue weighted by molar-refractivity contribution is 6.42. The molecule has 0 saturated carbocycles. The van der Waals surface area contributed by atoms with E-state index in [1.165, 1.54) is 0 Å². The van der Waals surface area contributed by atoms with Crippen LogP contribution in [0.25, 0.3) is 11.0 Å². The number of nitrogens with zero attached hydrogens (tertiary/aromatic N) is 5. The van der Waals surface area contributed by atoms with Gasteiger partial charge in [0.05, 0.1) is 42.4 Å². The van der Waals surface area contributed by atoms with Crippen LogP contribution < -0.4 is 19.1 Å². The monoisotopic (exact) mass is 665 g/mol. The second kappa shape index (κ2) is 13.6. The third-order valence-corrected chi connectivity index (χ3v) is 10.4. The molecule has 0 aliphatic carbocycles. The van der Waals surface area contributed by atoms with Gasteiger partial charge in [-0.05, 0) is 74.3 Å². The molecule has 46 heavy (non-hydrogen) atoms. The maximum Gasteiger partial charge on any atom is 0.254 e. The summed E-state index contributed by atoms with van der Waals surface area (Å²) in [5.74, 6) is 2.31. The summed E-state index contributed by atoms with van der Waals surface area (Å²) in [5, 5.41) is 1.05. The first-order valence-electron chi connectivity index (χ1n) is 15.7. The van der Waals surface area contributed by atoms with Crippen LogP contribution in [0.1, 0.15) is 35.2 Å². The molecule has 0 radical (unpaired) electrons. The molecule has 2 saturated heterocycles. The van der Waals surface area contributed by atoms with E-state index in [1.807, 2.05) is 23.1 Å². The number of likely N-dealkylation sites (tertiary alicyclic amines) is 1. The lowest BCUT2D eigenvalue weighted by atomic mass is 9.76. The lowest BCUT2D eigenvalue weighted by molar-refractivity contribution is 0.0780. The molecule has 11 heteroatoms. The van der Waals surface area contributed by atoms with Gasteiger partial charge in [-0.1, -0.05) is 41.4 Å². The lowest BCUT2D eigenvalue weighted by Gasteiger charge is -2.33. The number of rotatable bonds is 9. The Labute approximate surface area is 280 Å². The topological polar surface area (TPSA) is 72.3 Å². The number of para-hydroxylation sites is 2. The molecule has 2 aliphatic heterocycles. The molecule has 1 amide bonds. The molecule has 244 valence electrons. The number of halogens is 2. The van der Waals surface area contributed by atoms with E-state index in [1.54, 1.807) is 33.5 Å². The standard InChI is InChI=1S/C35H41Cl2N5O4/c1-39-29-9-6-5-8-28(29)38-34(39)41-15-7-14-40(18-19-41)16-12-35(25-10-11-26(36)27(37)22-25)13-17-42(23-35)33(43)24-20-30(44-2)32(46-4)31(21-24)45-3/h5-6,8-11,20-22H,7,12-19,23H2,1-4H3. The zero-order valence-electron chi connectivity index (χ0n) is 26.9. The molecule has 6 rings (SSSR count). The average molecular weight is 667 g/mol. The highest BCUT2D eigenvalue weighted by Gasteiger charge is 2.42. The number of benzene rings is 3. The molecule has 0 spiro atoms. The van der Waals surface area contributed by atoms with Gasteiger partial charge in [0.2, 0.25) is 11.7 Å². The summed E-state index contributed by atoms with van der Waals surface area (Å²) in [5.41, 5.74) is 3.51. The minimum absolute atomic E-state index is 0.0749. The van der Waals surface area contributed by atoms with Crippen LogP contribution in [0.15, 0.2) is 54.6 Å². The first-order valence-corrected chi connectivity index (χ1v) is 16.5. The molecule has 0 N–H and O–H groups in total. The van der Waals surface area contributed by atoms with Crippen LogP contribution in [0.5, 0.6) is 17.2 Å². The van der Waals surface area contributed by atoms with E-state index in [-0.39, 0.29) is 11.3 Å². The van der Waals surface area contributed by atoms with Crippen molar-refractivity contribution in [1.29, 1.82) is 0 Å². The molecule has 0 bridgehead atoms. The maximum atomic E-state index is 13.9. The van der Waals surface area contributed by atoms with Gasteiger partial charge >= 0.3 is 0 Å². The van der Waals surface area contributed by atoms with Crippen LogP contribution in [-0.4, -0.2) is 92.4 Å². The Morgan fingerprint density at radius 2 is 1.65 bits per heavy atom. The fraction of sp³-hybridized carbons (Fsp3) is 0.429. The summed E-state index contributed by atoms with van der Waals surface area (Å²) < 4.78 is 18.7. The number of carbonyl (C=O) groups excluding carboxylic acids is 1. The Balaban J connectivity index is 1.20. The molecule has 9 nitrogen and oxygen atoms in total. The van der Waals surface area contributed by atoms with Crippen molar-refractivity contribution in [3.8, 4) is 17.2 Å². The number of hydrogen-bond donors (Lipinski definition) is 0. The average Bonchev–Trinajstić information content (AvgIpc) is 3.57. The summed E-state index contributed by atoms with van der Waals surface area (Å²) in [6.07, 6.45) is 2.76. The van der Waals surface area contributed by atoms with E-state index in [2.05, 4.69) is 45.7 Å². The number of aromatic nitrogens is 2. The van der Waals surface area contributed by atoms with Crippen molar-refractivity contribution in [3.63, 3.8) is 0 Å². The number of carbonyl (C=O) groups is 1. The van der Waals surface area contributed by atoms with Crippen LogP contribution in [0.3, 0.4) is 0 Å². The van der Waals surface area contributed by atoms with Crippen LogP contribution >= 0.6 is 23.2 Å². The first-order chi connectivity index (χ1) is 22.3. The number of anilines is 1. The molecule has 1 atom stereocenters. The van der Waals surface area contributed by atoms with Gasteiger partial charge < -0.3 is 33.5 Å². The fourth-order valence-corrected chi connectivity index (χ4v) is 7.32. The Morgan fingerprint density at radius 3 is 2.35 bits per heavy atom. The van der Waals surface area contributed by atoms with Gasteiger partial charge in [-0.2, -0.15) is 0 Å². The molecule has 2 fully saturated rings. The number of aryl methyl sites for hydroxylation is 1. The second-order valence-corrected chi connectivity index (χ2v) is 13.0. The summed E-state index contributed by atoms with van der Waals surface area (Å²) in [7, 11) is 6.75. The van der Waals surface area contributed by atoms with Crippen LogP contribution in [0, 0.1) is 0 Å². The van der Waals surface area contributed by atoms with Crippen molar-refractivity contribution in [2.45, 2.75) is 24.7 Å². The lowest BCUT2D eigenvalue weighted by Crippen LogP contribution is -2.39. The SMILES string of the molecule is COc1cc(C(=O)N2CCC(CCN3CCCN(c4nc5ccccc5n4C)CC3)(c3ccc(Cl)c(Cl)c3)C2)cc(OC)c1OC. The first kappa shape index (κ1) is 32.3. The van der Waals surface area contributed by atoms with Crippen LogP contribution in [0.2, 0.25) is 10.0 Å². The molecular weight excluding hydrogens is 625 g/mol. The summed E-state index contributed by atoms with van der Waals surface area (Å²) in [6.45, 7) is 5.91. The minimum atomic E-state index is -0.270. The number of fused-ring (bicyclic) bond motifs is 1. The van der Waals surface area contributed by atoms with E-state index < -0.39 is 0 Å². The highest BCUT2D eigenvalue weighted by atomic mass is 35.5. The van der Waals surface area contributed by atoms with E-state index in [0.717, 1.165) is 74.5 Å². The van der Waals surface area contributed by atoms with Crippen molar-refractivity contribution in [3.05, 3.63) is 75.8 Å². The van der Waals surface area contributed by atoms with Gasteiger partial charge in [0.25, 0.3) is 5.91 Å². The number of imidazole rings is 1. The van der Waals surface area contributed by atoms with E-state index in [0.29, 0.717) is 45.9 Å². The number of hydrogen-bond acceptors (Lipinski definition) is 7. The predicted molar refractivity (Wildman–Crippen MR) is 183 cm³/mol. The maximum absolute atomic E-state index is 13.9. The number of amides is 1. The molecule has 4 aromatic rings. The van der Waals surface area contributed by atoms with Gasteiger partial charge in [-0.3, -0.25) is 4.79 Å². The van der Waals surface area contributed by atoms with Gasteiger partial charge in [0, 0.05) is 50.7 Å². The van der Waals surface area contributed by atoms with Gasteiger partial charge in [-0.25, -0.2) is 4.98 Å². The summed E-state index contributed by atoms with van der Waals surface area (Å²) >= 11 is 12.9. The van der Waals surface area contributed by atoms with E-state index in [4.69, 9.17) is 42.4 Å². The molecule has 3 heterocycles. The Hall–Kier alpha value is -3.66. The molecule has 1 aromatic heterocycles. The molecule has 1 unspecified atom stereocenters. The highest BCUT2D eigenvalue weighted by Crippen LogP contribution is 2.42. The largest absolute Gasteiger partial charge is 0.493 e. The summed E-state index contributed by atoms with van der Waals surface area (Å²) in [4.78, 5) is 25.8. The van der Waals surface area contributed by atoms with Crippen molar-refractivity contribution in [1.82, 2.24) is 19.4 Å². The van der Waals surface area contributed by atoms with Gasteiger partial charge in [0.15, 0.2) is 11.5 Å². The number of ether oxygens (including phenoxy) is 3. The quantitative estimate of drug-likeness (QED) is 0.208. The third kappa shape index (κ3) is 6.20. The smallest absolute Gasteiger partial charge is 0.254 e. The van der Waals surface area contributed by atoms with Crippen molar-refractivity contribution >= 4 is 46.1 Å². The van der Waals surface area contributed by atoms with E-state index >= 15 is 0 Å². The van der Waals surface area contributed by atoms with Crippen LogP contribution in [0.4, 0.5) is 5.95 Å². The zero-order valence-corrected chi connectivity index (χ0v) is 28.4. The third-order valence-electron chi connectivity index (χ3n) is 9.63. The van der Waals surface area contributed by atoms with Crippen molar-refractivity contribution in [2.75, 3.05) is 72.0 Å². The minimum Gasteiger partial charge on any atom is -0.493 e. The second-order valence-electron chi connectivity index (χ2n) is 12.2. The normalized spacial score (nSPS) is 19.0. The summed E-state index contributed by atoms with van der Waals surface area (Å²) in [6, 6.07) is 17.6. The van der Waals surface area contributed by atoms with Gasteiger partial charge in [0.1, 0.15) is 0 Å². The van der Waals surface area contributed by atoms with Crippen molar-refractivity contribution in [2.24, 2.45) is 7.05 Å². The van der Waals surface area contributed by atoms with Crippen LogP contribution in [-0.2, 0) is 12.5 Å². The fourth-order valence-electron chi connectivity index (χ4n) is 7.03. The Kier molecular flexibility index (Phi) is 9.54. The molecule has 2 aliphatic rings. The van der Waals surface area contributed by atoms with Crippen molar-refractivity contribution < 1.29 is 19.0 Å². The Bertz CT molecular complexity index is 1700. The predicted octanol–water partition coefficient (Wildman–Crippen LogP) is 6.29. The van der Waals surface area contributed by atoms with Gasteiger partial charge in [-0.15, -0.1) is 0 Å². The molecule has 3 aromatic carbocycles. The molecular formula is C35H41Cl2N5O4. The van der Waals surface area contributed by atoms with E-state index in [9.17, 15) is 4.79 Å². The number of methoxy groups -OCH3 is 3. The zero-order chi connectivity index (χ0) is 32.4. The Morgan fingerprint density at radius 1 is 0.891 bits per heavy atom.